The minimum Gasteiger partial charge on any atom is -0.478 e. The summed E-state index contributed by atoms with van der Waals surface area (Å²) in [6, 6.07) is 17.2. The molecule has 4 aliphatic heterocycles. The summed E-state index contributed by atoms with van der Waals surface area (Å²) in [6.07, 6.45) is -10.2. The van der Waals surface area contributed by atoms with E-state index >= 15 is 26.3 Å². The first kappa shape index (κ1) is 50.5. The van der Waals surface area contributed by atoms with Gasteiger partial charge in [-0.2, -0.15) is 26.3 Å². The number of imide groups is 4. The molecule has 2 atom stereocenters. The van der Waals surface area contributed by atoms with Crippen molar-refractivity contribution in [2.75, 3.05) is 21.7 Å². The van der Waals surface area contributed by atoms with Crippen molar-refractivity contribution in [1.29, 1.82) is 0 Å². The highest BCUT2D eigenvalue weighted by atomic mass is 19.4. The molecule has 6 aromatic rings. The van der Waals surface area contributed by atoms with Crippen molar-refractivity contribution >= 4 is 70.3 Å². The van der Waals surface area contributed by atoms with Crippen LogP contribution in [-0.4, -0.2) is 82.6 Å². The maximum absolute atomic E-state index is 15.6. The summed E-state index contributed by atoms with van der Waals surface area (Å²) in [7, 11) is 1.19. The smallest absolute Gasteiger partial charge is 0.402 e. The molecule has 0 spiro atoms. The third-order valence-corrected chi connectivity index (χ3v) is 15.1. The SMILES string of the molecule is Cc1cc(C(=O)O)cc(N2C(=O)c3ccc([C@](C)(c4ccc5c(c4)C(=O)N(c4c(C)cc(C)c(N6C(=O)c7ccc([C@](C)(c8ccc9c(c8)C(=O)N(C)C9=O)C(F)(F)F)cc7C6=O)c4C)C5=O)C(F)(F)F)cc3C2=O)c1. The van der Waals surface area contributed by atoms with E-state index in [4.69, 9.17) is 0 Å². The summed E-state index contributed by atoms with van der Waals surface area (Å²) < 4.78 is 93.0. The Labute approximate surface area is 426 Å². The summed E-state index contributed by atoms with van der Waals surface area (Å²) in [5.74, 6) is -8.86. The van der Waals surface area contributed by atoms with E-state index in [0.29, 0.717) is 20.3 Å². The Balaban J connectivity index is 0.994. The molecule has 10 rings (SSSR count). The van der Waals surface area contributed by atoms with Gasteiger partial charge in [-0.15, -0.1) is 0 Å². The second-order valence-corrected chi connectivity index (χ2v) is 19.5. The molecule has 0 radical (unpaired) electrons. The number of nitrogens with zero attached hydrogens (tertiary/aromatic N) is 4. The number of carboxylic acids is 1. The number of hydrogen-bond donors (Lipinski definition) is 1. The first-order valence-corrected chi connectivity index (χ1v) is 23.1. The molecule has 1 N–H and O–H groups in total. The summed E-state index contributed by atoms with van der Waals surface area (Å²) >= 11 is 0. The molecule has 384 valence electrons. The summed E-state index contributed by atoms with van der Waals surface area (Å²) in [6.45, 7) is 7.56. The van der Waals surface area contributed by atoms with Gasteiger partial charge in [0.1, 0.15) is 10.8 Å². The van der Waals surface area contributed by atoms with Gasteiger partial charge in [0.05, 0.1) is 67.1 Å². The molecule has 76 heavy (non-hydrogen) atoms. The summed E-state index contributed by atoms with van der Waals surface area (Å²) in [5, 5.41) is 9.59. The predicted octanol–water partition coefficient (Wildman–Crippen LogP) is 9.98. The monoisotopic (exact) mass is 1040 g/mol. The Morgan fingerprint density at radius 2 is 0.737 bits per heavy atom. The Kier molecular flexibility index (Phi) is 10.9. The topological polar surface area (TPSA) is 187 Å². The van der Waals surface area contributed by atoms with Gasteiger partial charge in [-0.1, -0.05) is 30.3 Å². The van der Waals surface area contributed by atoms with Crippen LogP contribution in [0.4, 0.5) is 43.4 Å². The minimum atomic E-state index is -5.16. The number of hydrogen-bond acceptors (Lipinski definition) is 9. The molecule has 8 amide bonds. The lowest BCUT2D eigenvalue weighted by Crippen LogP contribution is -2.41. The van der Waals surface area contributed by atoms with Gasteiger partial charge in [-0.3, -0.25) is 43.3 Å². The average Bonchev–Trinajstić information content (AvgIpc) is 3.99. The van der Waals surface area contributed by atoms with Crippen LogP contribution in [0, 0.1) is 27.7 Å². The first-order chi connectivity index (χ1) is 35.4. The second kappa shape index (κ2) is 16.5. The zero-order valence-corrected chi connectivity index (χ0v) is 40.9. The van der Waals surface area contributed by atoms with Crippen LogP contribution < -0.4 is 14.7 Å². The van der Waals surface area contributed by atoms with Gasteiger partial charge in [0.2, 0.25) is 0 Å². The maximum atomic E-state index is 15.6. The molecule has 0 saturated carbocycles. The van der Waals surface area contributed by atoms with Crippen molar-refractivity contribution in [3.05, 3.63) is 192 Å². The van der Waals surface area contributed by atoms with Gasteiger partial charge in [-0.25, -0.2) is 19.5 Å². The summed E-state index contributed by atoms with van der Waals surface area (Å²) in [4.78, 5) is 125. The van der Waals surface area contributed by atoms with Gasteiger partial charge in [0, 0.05) is 7.05 Å². The van der Waals surface area contributed by atoms with Crippen LogP contribution in [0.15, 0.2) is 97.1 Å². The molecule has 0 bridgehead atoms. The third-order valence-electron chi connectivity index (χ3n) is 15.1. The van der Waals surface area contributed by atoms with E-state index in [-0.39, 0.29) is 67.1 Å². The molecule has 14 nitrogen and oxygen atoms in total. The molecule has 0 aromatic heterocycles. The molecule has 4 aliphatic rings. The Bertz CT molecular complexity index is 3810. The van der Waals surface area contributed by atoms with Crippen LogP contribution in [0.5, 0.6) is 0 Å². The fraction of sp³-hybridized carbons (Fsp3) is 0.196. The lowest BCUT2D eigenvalue weighted by atomic mass is 9.74. The van der Waals surface area contributed by atoms with Crippen molar-refractivity contribution in [2.24, 2.45) is 0 Å². The Morgan fingerprint density at radius 1 is 0.421 bits per heavy atom. The van der Waals surface area contributed by atoms with Crippen LogP contribution >= 0.6 is 0 Å². The van der Waals surface area contributed by atoms with Crippen molar-refractivity contribution in [2.45, 2.75) is 64.7 Å². The molecule has 0 fully saturated rings. The quantitative estimate of drug-likeness (QED) is 0.114. The molecule has 0 aliphatic carbocycles. The van der Waals surface area contributed by atoms with E-state index < -0.39 is 115 Å². The van der Waals surface area contributed by atoms with E-state index in [0.717, 1.165) is 97.6 Å². The minimum absolute atomic E-state index is 0.000730. The Hall–Kier alpha value is -9.07. The number of aryl methyl sites for hydroxylation is 3. The van der Waals surface area contributed by atoms with Gasteiger partial charge < -0.3 is 5.11 Å². The first-order valence-electron chi connectivity index (χ1n) is 23.1. The number of amides is 8. The molecular formula is C56H38F6N4O10. The lowest BCUT2D eigenvalue weighted by molar-refractivity contribution is -0.173. The second-order valence-electron chi connectivity index (χ2n) is 19.5. The van der Waals surface area contributed by atoms with E-state index in [1.807, 2.05) is 0 Å². The average molecular weight is 1040 g/mol. The standard InChI is InChI=1S/C56H38F6N4O10/c1-24-16-28(52(75)76)19-33(17-24)64-46(69)35-13-9-30(21-39(35)49(64)72)54(6,56(60,61)62)32-11-15-37-41(23-32)51(74)66(48(37)71)43-26(3)18-25(2)42(27(43)4)65-47(70)36-14-10-31(22-40(36)50(65)73)53(5,55(57,58)59)29-8-12-34-38(20-29)45(68)63(7)44(34)67/h8-23H,1-7H3,(H,75,76)/t53-,54+/m0/s1. The number of carboxylic acid groups (broad SMARTS) is 1. The molecule has 4 heterocycles. The molecular weight excluding hydrogens is 1000 g/mol. The predicted molar refractivity (Wildman–Crippen MR) is 259 cm³/mol. The molecule has 0 unspecified atom stereocenters. The normalized spacial score (nSPS) is 16.9. The summed E-state index contributed by atoms with van der Waals surface area (Å²) in [5.41, 5.74) is -10.1. The number of anilines is 3. The fourth-order valence-corrected chi connectivity index (χ4v) is 10.8. The number of carbonyl (C=O) groups excluding carboxylic acids is 8. The van der Waals surface area contributed by atoms with Gasteiger partial charge >= 0.3 is 18.3 Å². The van der Waals surface area contributed by atoms with Crippen molar-refractivity contribution < 1.29 is 74.6 Å². The fourth-order valence-electron chi connectivity index (χ4n) is 10.8. The van der Waals surface area contributed by atoms with Crippen molar-refractivity contribution in [3.63, 3.8) is 0 Å². The number of rotatable bonds is 8. The highest BCUT2D eigenvalue weighted by Crippen LogP contribution is 2.51. The zero-order valence-electron chi connectivity index (χ0n) is 40.9. The van der Waals surface area contributed by atoms with Crippen LogP contribution in [0.25, 0.3) is 0 Å². The van der Waals surface area contributed by atoms with Crippen LogP contribution in [-0.2, 0) is 10.8 Å². The van der Waals surface area contributed by atoms with E-state index in [9.17, 15) is 48.3 Å². The maximum Gasteiger partial charge on any atom is 0.402 e. The largest absolute Gasteiger partial charge is 0.478 e. The highest BCUT2D eigenvalue weighted by Gasteiger charge is 2.57. The van der Waals surface area contributed by atoms with Gasteiger partial charge in [-0.05, 0) is 153 Å². The van der Waals surface area contributed by atoms with Crippen molar-refractivity contribution in [1.82, 2.24) is 4.90 Å². The van der Waals surface area contributed by atoms with E-state index in [1.165, 1.54) is 52.9 Å². The Morgan fingerprint density at radius 3 is 1.11 bits per heavy atom. The number of aromatic carboxylic acids is 1. The number of benzene rings is 6. The molecule has 6 aromatic carbocycles. The lowest BCUT2D eigenvalue weighted by Gasteiger charge is -2.33. The van der Waals surface area contributed by atoms with Crippen LogP contribution in [0.3, 0.4) is 0 Å². The molecule has 0 saturated heterocycles. The zero-order chi connectivity index (χ0) is 55.4. The molecule has 20 heteroatoms. The van der Waals surface area contributed by atoms with Crippen molar-refractivity contribution in [3.8, 4) is 0 Å². The van der Waals surface area contributed by atoms with E-state index in [2.05, 4.69) is 0 Å². The number of alkyl halides is 6. The third kappa shape index (κ3) is 6.84. The van der Waals surface area contributed by atoms with Crippen LogP contribution in [0.1, 0.15) is 152 Å². The van der Waals surface area contributed by atoms with Crippen LogP contribution in [0.2, 0.25) is 0 Å². The van der Waals surface area contributed by atoms with E-state index in [1.54, 1.807) is 0 Å². The van der Waals surface area contributed by atoms with Gasteiger partial charge in [0.25, 0.3) is 47.3 Å². The number of fused-ring (bicyclic) bond motifs is 4. The van der Waals surface area contributed by atoms with Gasteiger partial charge in [0.15, 0.2) is 0 Å². The number of halogens is 6. The highest BCUT2D eigenvalue weighted by molar-refractivity contribution is 6.38. The number of carbonyl (C=O) groups is 9.